The minimum atomic E-state index is 0.629. The highest BCUT2D eigenvalue weighted by Gasteiger charge is 2.12. The van der Waals surface area contributed by atoms with Gasteiger partial charge in [-0.25, -0.2) is 4.98 Å². The molecule has 0 bridgehead atoms. The molecule has 1 aromatic heterocycles. The second-order valence-electron chi connectivity index (χ2n) is 3.52. The molecular formula is C12H15N3O. The summed E-state index contributed by atoms with van der Waals surface area (Å²) < 4.78 is 7.34. The van der Waals surface area contributed by atoms with E-state index < -0.39 is 0 Å². The van der Waals surface area contributed by atoms with Crippen LogP contribution in [0.15, 0.2) is 30.6 Å². The van der Waals surface area contributed by atoms with Gasteiger partial charge in [0.2, 0.25) is 0 Å². The first-order valence-electron chi connectivity index (χ1n) is 5.23. The maximum absolute atomic E-state index is 5.94. The van der Waals surface area contributed by atoms with Crippen molar-refractivity contribution in [2.45, 2.75) is 6.92 Å². The van der Waals surface area contributed by atoms with Crippen molar-refractivity contribution in [2.75, 3.05) is 12.3 Å². The lowest BCUT2D eigenvalue weighted by atomic mass is 10.1. The van der Waals surface area contributed by atoms with E-state index in [1.54, 1.807) is 10.9 Å². The third-order valence-corrected chi connectivity index (χ3v) is 2.42. The number of benzene rings is 1. The number of rotatable bonds is 3. The van der Waals surface area contributed by atoms with Gasteiger partial charge in [0.1, 0.15) is 17.3 Å². The fraction of sp³-hybridized carbons (Fsp3) is 0.250. The molecule has 0 radical (unpaired) electrons. The molecule has 0 saturated heterocycles. The van der Waals surface area contributed by atoms with Crippen LogP contribution < -0.4 is 10.5 Å². The van der Waals surface area contributed by atoms with E-state index >= 15 is 0 Å². The summed E-state index contributed by atoms with van der Waals surface area (Å²) >= 11 is 0. The molecule has 16 heavy (non-hydrogen) atoms. The summed E-state index contributed by atoms with van der Waals surface area (Å²) in [4.78, 5) is 4.29. The van der Waals surface area contributed by atoms with Gasteiger partial charge in [0.25, 0.3) is 0 Å². The summed E-state index contributed by atoms with van der Waals surface area (Å²) in [5.41, 5.74) is 7.65. The van der Waals surface area contributed by atoms with Crippen molar-refractivity contribution in [2.24, 2.45) is 7.05 Å². The fourth-order valence-electron chi connectivity index (χ4n) is 1.59. The average Bonchev–Trinajstić information content (AvgIpc) is 2.61. The molecule has 0 aliphatic rings. The number of nitrogens with two attached hydrogens (primary N) is 1. The fourth-order valence-corrected chi connectivity index (χ4v) is 1.59. The van der Waals surface area contributed by atoms with Crippen LogP contribution in [0.5, 0.6) is 5.75 Å². The maximum Gasteiger partial charge on any atom is 0.131 e. The lowest BCUT2D eigenvalue weighted by Crippen LogP contribution is -1.98. The highest BCUT2D eigenvalue weighted by molar-refractivity contribution is 5.75. The smallest absolute Gasteiger partial charge is 0.131 e. The number of aryl methyl sites for hydroxylation is 1. The molecule has 0 fully saturated rings. The summed E-state index contributed by atoms with van der Waals surface area (Å²) in [6.07, 6.45) is 1.70. The van der Waals surface area contributed by atoms with Gasteiger partial charge in [0.05, 0.1) is 12.9 Å². The van der Waals surface area contributed by atoms with Crippen LogP contribution in [0, 0.1) is 0 Å². The lowest BCUT2D eigenvalue weighted by Gasteiger charge is -2.08. The van der Waals surface area contributed by atoms with Gasteiger partial charge >= 0.3 is 0 Å². The van der Waals surface area contributed by atoms with Crippen molar-refractivity contribution in [3.63, 3.8) is 0 Å². The molecule has 0 unspecified atom stereocenters. The molecule has 4 nitrogen and oxygen atoms in total. The summed E-state index contributed by atoms with van der Waals surface area (Å²) in [7, 11) is 1.87. The molecule has 0 aliphatic carbocycles. The van der Waals surface area contributed by atoms with Crippen LogP contribution in [-0.2, 0) is 7.05 Å². The highest BCUT2D eigenvalue weighted by atomic mass is 16.5. The van der Waals surface area contributed by atoms with E-state index in [9.17, 15) is 0 Å². The minimum Gasteiger partial charge on any atom is -0.493 e. The van der Waals surface area contributed by atoms with E-state index in [2.05, 4.69) is 4.98 Å². The lowest BCUT2D eigenvalue weighted by molar-refractivity contribution is 0.341. The Balaban J connectivity index is 2.51. The van der Waals surface area contributed by atoms with Gasteiger partial charge < -0.3 is 15.0 Å². The van der Waals surface area contributed by atoms with Gasteiger partial charge in [0, 0.05) is 12.6 Å². The number of imidazole rings is 1. The third-order valence-electron chi connectivity index (χ3n) is 2.42. The van der Waals surface area contributed by atoms with Crippen molar-refractivity contribution in [1.82, 2.24) is 9.55 Å². The molecule has 84 valence electrons. The summed E-state index contributed by atoms with van der Waals surface area (Å²) in [6, 6.07) is 7.77. The number of nitrogen functional groups attached to an aromatic ring is 1. The zero-order valence-electron chi connectivity index (χ0n) is 9.47. The number of hydrogen-bond donors (Lipinski definition) is 1. The Bertz CT molecular complexity index is 491. The van der Waals surface area contributed by atoms with Gasteiger partial charge in [0.15, 0.2) is 0 Å². The van der Waals surface area contributed by atoms with Crippen molar-refractivity contribution in [3.05, 3.63) is 30.6 Å². The molecule has 4 heteroatoms. The number of aromatic nitrogens is 2. The van der Waals surface area contributed by atoms with Gasteiger partial charge in [-0.2, -0.15) is 0 Å². The summed E-state index contributed by atoms with van der Waals surface area (Å²) in [6.45, 7) is 2.59. The molecule has 1 aromatic carbocycles. The van der Waals surface area contributed by atoms with Crippen molar-refractivity contribution >= 4 is 5.82 Å². The molecule has 0 aliphatic heterocycles. The Morgan fingerprint density at radius 2 is 2.12 bits per heavy atom. The third kappa shape index (κ3) is 1.74. The van der Waals surface area contributed by atoms with E-state index in [0.717, 1.165) is 17.0 Å². The predicted molar refractivity (Wildman–Crippen MR) is 64.2 cm³/mol. The summed E-state index contributed by atoms with van der Waals surface area (Å²) in [5.74, 6) is 1.46. The number of anilines is 1. The van der Waals surface area contributed by atoms with Crippen LogP contribution in [-0.4, -0.2) is 16.2 Å². The van der Waals surface area contributed by atoms with Crippen molar-refractivity contribution in [1.29, 1.82) is 0 Å². The summed E-state index contributed by atoms with van der Waals surface area (Å²) in [5, 5.41) is 0. The van der Waals surface area contributed by atoms with Crippen LogP contribution in [0.1, 0.15) is 6.92 Å². The zero-order valence-corrected chi connectivity index (χ0v) is 9.47. The Kier molecular flexibility index (Phi) is 2.81. The first-order chi connectivity index (χ1) is 7.74. The Morgan fingerprint density at radius 3 is 2.75 bits per heavy atom. The number of ether oxygens (including phenoxy) is 1. The molecule has 0 atom stereocenters. The van der Waals surface area contributed by atoms with Gasteiger partial charge in [-0.15, -0.1) is 0 Å². The van der Waals surface area contributed by atoms with Gasteiger partial charge in [-0.1, -0.05) is 12.1 Å². The molecule has 2 aromatic rings. The monoisotopic (exact) mass is 217 g/mol. The minimum absolute atomic E-state index is 0.629. The SMILES string of the molecule is CCOc1ccccc1-c1ncn(C)c1N. The topological polar surface area (TPSA) is 53.1 Å². The molecule has 0 amide bonds. The standard InChI is InChI=1S/C12H15N3O/c1-3-16-10-7-5-4-6-9(10)11-12(13)15(2)8-14-11/h4-8H,3,13H2,1-2H3. The van der Waals surface area contributed by atoms with Crippen LogP contribution in [0.25, 0.3) is 11.3 Å². The largest absolute Gasteiger partial charge is 0.493 e. The van der Waals surface area contributed by atoms with Crippen LogP contribution in [0.2, 0.25) is 0 Å². The number of nitrogens with zero attached hydrogens (tertiary/aromatic N) is 2. The van der Waals surface area contributed by atoms with Crippen molar-refractivity contribution in [3.8, 4) is 17.0 Å². The van der Waals surface area contributed by atoms with E-state index in [1.807, 2.05) is 38.2 Å². The Labute approximate surface area is 94.7 Å². The molecule has 0 spiro atoms. The quantitative estimate of drug-likeness (QED) is 0.856. The average molecular weight is 217 g/mol. The van der Waals surface area contributed by atoms with Crippen LogP contribution >= 0.6 is 0 Å². The normalized spacial score (nSPS) is 10.4. The molecule has 2 rings (SSSR count). The predicted octanol–water partition coefficient (Wildman–Crippen LogP) is 2.07. The maximum atomic E-state index is 5.94. The molecule has 1 heterocycles. The first kappa shape index (κ1) is 10.5. The molecular weight excluding hydrogens is 202 g/mol. The number of hydrogen-bond acceptors (Lipinski definition) is 3. The van der Waals surface area contributed by atoms with Crippen molar-refractivity contribution < 1.29 is 4.74 Å². The van der Waals surface area contributed by atoms with Gasteiger partial charge in [-0.3, -0.25) is 0 Å². The van der Waals surface area contributed by atoms with E-state index in [-0.39, 0.29) is 0 Å². The second kappa shape index (κ2) is 4.26. The van der Waals surface area contributed by atoms with E-state index in [0.29, 0.717) is 12.4 Å². The highest BCUT2D eigenvalue weighted by Crippen LogP contribution is 2.31. The van der Waals surface area contributed by atoms with Crippen LogP contribution in [0.4, 0.5) is 5.82 Å². The Hall–Kier alpha value is -1.97. The molecule has 0 saturated carbocycles. The number of para-hydroxylation sites is 1. The van der Waals surface area contributed by atoms with E-state index in [4.69, 9.17) is 10.5 Å². The zero-order chi connectivity index (χ0) is 11.5. The van der Waals surface area contributed by atoms with Gasteiger partial charge in [-0.05, 0) is 19.1 Å². The van der Waals surface area contributed by atoms with Crippen LogP contribution in [0.3, 0.4) is 0 Å². The Morgan fingerprint density at radius 1 is 1.38 bits per heavy atom. The molecule has 2 N–H and O–H groups in total. The first-order valence-corrected chi connectivity index (χ1v) is 5.23. The second-order valence-corrected chi connectivity index (χ2v) is 3.52. The van der Waals surface area contributed by atoms with E-state index in [1.165, 1.54) is 0 Å².